The van der Waals surface area contributed by atoms with Gasteiger partial charge in [-0.05, 0) is 6.92 Å². The van der Waals surface area contributed by atoms with E-state index in [0.29, 0.717) is 6.54 Å². The molecule has 2 heterocycles. The van der Waals surface area contributed by atoms with Crippen LogP contribution in [0, 0.1) is 6.92 Å². The maximum Gasteiger partial charge on any atom is 0.367 e. The van der Waals surface area contributed by atoms with Crippen LogP contribution in [0.3, 0.4) is 0 Å². The smallest absolute Gasteiger partial charge is 0.367 e. The van der Waals surface area contributed by atoms with Gasteiger partial charge in [0.2, 0.25) is 0 Å². The number of hydrogen-bond acceptors (Lipinski definition) is 7. The fraction of sp³-hybridized carbons (Fsp3) is 0.500. The van der Waals surface area contributed by atoms with Gasteiger partial charge in [0.15, 0.2) is 11.7 Å². The molecule has 1 aliphatic heterocycles. The molecule has 0 radical (unpaired) electrons. The predicted molar refractivity (Wildman–Crippen MR) is 83.9 cm³/mol. The van der Waals surface area contributed by atoms with E-state index in [1.165, 1.54) is 0 Å². The molecule has 7 nitrogen and oxygen atoms in total. The fourth-order valence-electron chi connectivity index (χ4n) is 1.51. The van der Waals surface area contributed by atoms with Gasteiger partial charge in [0.25, 0.3) is 0 Å². The first-order valence-corrected chi connectivity index (χ1v) is 9.29. The largest absolute Gasteiger partial charge is 0.369 e. The summed E-state index contributed by atoms with van der Waals surface area (Å²) >= 11 is 3.37. The third-order valence-corrected chi connectivity index (χ3v) is 4.97. The molecule has 0 aliphatic carbocycles. The second kappa shape index (κ2) is 6.55. The van der Waals surface area contributed by atoms with Gasteiger partial charge in [0.1, 0.15) is 0 Å². The highest BCUT2D eigenvalue weighted by Crippen LogP contribution is 2.14. The average molecular weight is 333 g/mol. The quantitative estimate of drug-likeness (QED) is 0.764. The summed E-state index contributed by atoms with van der Waals surface area (Å²) < 4.78 is 29.4. The van der Waals surface area contributed by atoms with E-state index in [9.17, 15) is 8.42 Å². The molecule has 2 N–H and O–H groups in total. The number of aromatic nitrogens is 1. The van der Waals surface area contributed by atoms with Crippen LogP contribution in [0.2, 0.25) is 0 Å². The Kier molecular flexibility index (Phi) is 5.00. The zero-order valence-corrected chi connectivity index (χ0v) is 13.5. The number of likely N-dealkylation sites (N-methyl/N-ethyl adjacent to an activating group) is 1. The van der Waals surface area contributed by atoms with Crippen LogP contribution in [0.25, 0.3) is 0 Å². The maximum absolute atomic E-state index is 11.2. The Bertz CT molecular complexity index is 635. The van der Waals surface area contributed by atoms with Crippen molar-refractivity contribution >= 4 is 45.0 Å². The number of thiazole rings is 1. The second-order valence-corrected chi connectivity index (χ2v) is 7.34. The minimum atomic E-state index is -3.70. The van der Waals surface area contributed by atoms with Gasteiger partial charge in [-0.15, -0.1) is 20.1 Å². The molecule has 1 aromatic heterocycles. The van der Waals surface area contributed by atoms with Crippen molar-refractivity contribution in [3.63, 3.8) is 0 Å². The molecule has 1 aliphatic rings. The van der Waals surface area contributed by atoms with Crippen molar-refractivity contribution in [1.82, 2.24) is 15.6 Å². The minimum Gasteiger partial charge on any atom is -0.369 e. The molecule has 0 aromatic carbocycles. The van der Waals surface area contributed by atoms with Crippen LogP contribution in [0.5, 0.6) is 0 Å². The van der Waals surface area contributed by atoms with Crippen LogP contribution in [0.4, 0.5) is 0 Å². The van der Waals surface area contributed by atoms with Gasteiger partial charge >= 0.3 is 10.2 Å². The van der Waals surface area contributed by atoms with Gasteiger partial charge < -0.3 is 10.6 Å². The van der Waals surface area contributed by atoms with Gasteiger partial charge in [-0.2, -0.15) is 20.2 Å². The normalized spacial score (nSPS) is 16.7. The number of hydrogen-bond donors (Lipinski definition) is 2. The molecule has 10 heteroatoms. The number of aryl methyl sites for hydroxylation is 1. The first-order valence-electron chi connectivity index (χ1n) is 5.86. The van der Waals surface area contributed by atoms with Crippen LogP contribution < -0.4 is 10.6 Å². The predicted octanol–water partition coefficient (Wildman–Crippen LogP) is 0.549. The minimum absolute atomic E-state index is 0.255. The Morgan fingerprint density at radius 3 is 2.75 bits per heavy atom. The Balaban J connectivity index is 1.73. The van der Waals surface area contributed by atoms with Crippen LogP contribution in [-0.4, -0.2) is 44.4 Å². The van der Waals surface area contributed by atoms with Crippen molar-refractivity contribution in [2.75, 3.05) is 19.3 Å². The van der Waals surface area contributed by atoms with Crippen LogP contribution >= 0.6 is 23.1 Å². The summed E-state index contributed by atoms with van der Waals surface area (Å²) in [6.07, 6.45) is 0. The summed E-state index contributed by atoms with van der Waals surface area (Å²) in [5.74, 6) is 2.21. The number of nitrogens with zero attached hydrogens (tertiary/aromatic N) is 3. The van der Waals surface area contributed by atoms with Crippen molar-refractivity contribution in [3.05, 3.63) is 16.1 Å². The monoisotopic (exact) mass is 333 g/mol. The zero-order valence-electron chi connectivity index (χ0n) is 11.1. The van der Waals surface area contributed by atoms with Crippen LogP contribution in [0.15, 0.2) is 14.2 Å². The summed E-state index contributed by atoms with van der Waals surface area (Å²) in [4.78, 5) is 4.38. The Hall–Kier alpha value is -1.13. The third-order valence-electron chi connectivity index (χ3n) is 2.33. The molecule has 0 bridgehead atoms. The van der Waals surface area contributed by atoms with Crippen molar-refractivity contribution in [1.29, 1.82) is 0 Å². The lowest BCUT2D eigenvalue weighted by molar-refractivity contribution is 0.600. The molecule has 0 atom stereocenters. The molecule has 0 spiro atoms. The van der Waals surface area contributed by atoms with Crippen molar-refractivity contribution < 1.29 is 8.42 Å². The first-order chi connectivity index (χ1) is 9.50. The van der Waals surface area contributed by atoms with Gasteiger partial charge in [0.05, 0.1) is 10.7 Å². The molecule has 0 unspecified atom stereocenters. The van der Waals surface area contributed by atoms with Crippen molar-refractivity contribution in [2.24, 2.45) is 8.80 Å². The van der Waals surface area contributed by atoms with E-state index in [0.717, 1.165) is 22.2 Å². The lowest BCUT2D eigenvalue weighted by atomic mass is 10.5. The second-order valence-electron chi connectivity index (χ2n) is 3.91. The summed E-state index contributed by atoms with van der Waals surface area (Å²) in [6, 6.07) is 0. The van der Waals surface area contributed by atoms with Crippen LogP contribution in [0.1, 0.15) is 10.7 Å². The Labute approximate surface area is 126 Å². The average Bonchev–Trinajstić information content (AvgIpc) is 2.92. The molecule has 0 saturated heterocycles. The number of rotatable bonds is 5. The zero-order chi connectivity index (χ0) is 14.6. The maximum atomic E-state index is 11.2. The van der Waals surface area contributed by atoms with Crippen molar-refractivity contribution in [3.8, 4) is 0 Å². The van der Waals surface area contributed by atoms with E-state index in [2.05, 4.69) is 29.8 Å². The topological polar surface area (TPSA) is 95.8 Å². The van der Waals surface area contributed by atoms with Gasteiger partial charge in [-0.1, -0.05) is 0 Å². The highest BCUT2D eigenvalue weighted by atomic mass is 32.2. The summed E-state index contributed by atoms with van der Waals surface area (Å²) in [7, 11) is -2.10. The Morgan fingerprint density at radius 1 is 1.35 bits per heavy atom. The molecule has 20 heavy (non-hydrogen) atoms. The fourth-order valence-corrected chi connectivity index (χ4v) is 3.81. The summed E-state index contributed by atoms with van der Waals surface area (Å²) in [5.41, 5.74) is 1.08. The molecular formula is C10H15N5O2S3. The number of amidine groups is 2. The number of nitrogens with one attached hydrogen (secondary N) is 2. The summed E-state index contributed by atoms with van der Waals surface area (Å²) in [6.45, 7) is 2.60. The molecule has 0 amide bonds. The summed E-state index contributed by atoms with van der Waals surface area (Å²) in [5, 5.41) is 8.79. The number of thioether (sulfide) groups is 1. The molecular weight excluding hydrogens is 318 g/mol. The van der Waals surface area contributed by atoms with E-state index in [1.807, 2.05) is 6.92 Å². The molecule has 1 aromatic rings. The van der Waals surface area contributed by atoms with E-state index in [-0.39, 0.29) is 11.7 Å². The SMILES string of the molecule is CNC1=NS(=O)(=O)N=C1NCCSCc1csc(C)n1. The van der Waals surface area contributed by atoms with Crippen molar-refractivity contribution in [2.45, 2.75) is 12.7 Å². The lowest BCUT2D eigenvalue weighted by Crippen LogP contribution is -2.37. The molecule has 0 saturated carbocycles. The van der Waals surface area contributed by atoms with E-state index >= 15 is 0 Å². The van der Waals surface area contributed by atoms with E-state index in [1.54, 1.807) is 30.1 Å². The molecule has 2 rings (SSSR count). The van der Waals surface area contributed by atoms with Gasteiger partial charge in [0, 0.05) is 30.5 Å². The van der Waals surface area contributed by atoms with Gasteiger partial charge in [-0.3, -0.25) is 0 Å². The first kappa shape index (κ1) is 15.3. The standard InChI is InChI=1S/C10H15N5O2S3/c1-7-13-8(6-19-7)5-18-4-3-12-10-9(11-2)14-20(16,17)15-10/h6H,3-5H2,1-2H3,(H,11,14)(H,12,15). The van der Waals surface area contributed by atoms with E-state index < -0.39 is 10.2 Å². The molecule has 0 fully saturated rings. The molecule has 110 valence electrons. The van der Waals surface area contributed by atoms with Gasteiger partial charge in [-0.25, -0.2) is 4.98 Å². The Morgan fingerprint density at radius 2 is 2.10 bits per heavy atom. The lowest BCUT2D eigenvalue weighted by Gasteiger charge is -2.06. The van der Waals surface area contributed by atoms with Crippen LogP contribution in [-0.2, 0) is 16.0 Å². The van der Waals surface area contributed by atoms with E-state index in [4.69, 9.17) is 0 Å². The third kappa shape index (κ3) is 4.18. The highest BCUT2D eigenvalue weighted by molar-refractivity contribution is 7.98. The highest BCUT2D eigenvalue weighted by Gasteiger charge is 2.22.